The summed E-state index contributed by atoms with van der Waals surface area (Å²) < 4.78 is 17.1. The van der Waals surface area contributed by atoms with E-state index >= 15 is 4.11 Å². The minimum absolute atomic E-state index is 0. The van der Waals surface area contributed by atoms with Gasteiger partial charge in [0.2, 0.25) is 29.5 Å². The second kappa shape index (κ2) is 43.6. The van der Waals surface area contributed by atoms with Crippen molar-refractivity contribution >= 4 is 103 Å². The van der Waals surface area contributed by atoms with E-state index in [0.29, 0.717) is 5.19 Å². The molecule has 0 bridgehead atoms. The Hall–Kier alpha value is -7.71. The van der Waals surface area contributed by atoms with Crippen LogP contribution in [0.5, 0.6) is 0 Å². The van der Waals surface area contributed by atoms with Crippen molar-refractivity contribution < 1.29 is 154 Å². The monoisotopic (exact) mass is 1570 g/mol. The first-order valence-electron chi connectivity index (χ1n) is 31.4. The van der Waals surface area contributed by atoms with E-state index in [-0.39, 0.29) is 153 Å². The summed E-state index contributed by atoms with van der Waals surface area (Å²) in [5.41, 5.74) is 0.0635. The third-order valence-electron chi connectivity index (χ3n) is 15.7. The van der Waals surface area contributed by atoms with Gasteiger partial charge < -0.3 is 102 Å². The number of urea groups is 1. The van der Waals surface area contributed by atoms with Crippen LogP contribution in [-0.4, -0.2) is 271 Å². The van der Waals surface area contributed by atoms with Crippen molar-refractivity contribution in [1.82, 2.24) is 62.1 Å². The number of halogens is 1. The molecule has 8 amide bonds. The fourth-order valence-corrected chi connectivity index (χ4v) is 15.3. The summed E-state index contributed by atoms with van der Waals surface area (Å²) in [6.07, 6.45) is -3.09. The van der Waals surface area contributed by atoms with E-state index in [0.717, 1.165) is 0 Å². The maximum absolute atomic E-state index is 17.1. The van der Waals surface area contributed by atoms with E-state index in [1.807, 2.05) is 52.2 Å². The smallest absolute Gasteiger partial charge is 0.549 e. The number of nitrogens with zero attached hydrogens (tertiary/aromatic N) is 4. The Morgan fingerprint density at radius 1 is 0.449 bits per heavy atom. The molecule has 0 radical (unpaired) electrons. The van der Waals surface area contributed by atoms with Gasteiger partial charge in [-0.25, -0.2) is 24.0 Å². The van der Waals surface area contributed by atoms with Crippen molar-refractivity contribution in [3.63, 3.8) is 0 Å². The molecule has 1 saturated heterocycles. The average Bonchev–Trinajstić information content (AvgIpc) is 0.749. The quantitative estimate of drug-likeness (QED) is 0.0165. The second-order valence-corrected chi connectivity index (χ2v) is 30.2. The molecule has 0 unspecified atom stereocenters. The summed E-state index contributed by atoms with van der Waals surface area (Å²) in [5.74, 6) is -16.6. The van der Waals surface area contributed by atoms with Gasteiger partial charge in [0.15, 0.2) is 0 Å². The summed E-state index contributed by atoms with van der Waals surface area (Å²) in [7, 11) is -3.75. The van der Waals surface area contributed by atoms with Crippen molar-refractivity contribution in [2.24, 2.45) is 0 Å². The molecule has 1 fully saturated rings. The molecule has 35 nitrogen and oxygen atoms in total. The fraction of sp³-hybridized carbons (Fsp3) is 0.650. The summed E-state index contributed by atoms with van der Waals surface area (Å²) in [5, 5.41) is 100.0. The molecule has 1 aliphatic rings. The molecule has 556 valence electrons. The number of unbranched alkanes of at least 4 members (excludes halogenated alkanes) is 1. The van der Waals surface area contributed by atoms with Crippen LogP contribution in [-0.2, 0) is 62.3 Å². The van der Waals surface area contributed by atoms with Crippen LogP contribution in [0.3, 0.4) is 0 Å². The zero-order valence-electron chi connectivity index (χ0n) is 55.6. The Morgan fingerprint density at radius 2 is 0.816 bits per heavy atom. The summed E-state index contributed by atoms with van der Waals surface area (Å²) >= 11 is 0. The fourth-order valence-electron chi connectivity index (χ4n) is 10.7. The van der Waals surface area contributed by atoms with Gasteiger partial charge >= 0.3 is 72.8 Å². The van der Waals surface area contributed by atoms with Crippen LogP contribution in [0.1, 0.15) is 123 Å². The number of carbonyl (C=O) groups excluding carboxylic acids is 10. The standard InChI is InChI=1S/C60H95FN12O23Si.Lu/c1-59(2,3)97(61,60(4,5)6)38-14-12-37(13-15-38)52(86)64-32-43(66-47(77)33-70-24-26-71(34-49(80)81)28-30-73(36-51(84)85)31-29-72(27-25-70)35-50(82)83)53(87)67-40(55(90)91)10-7-8-22-62-44(74)19-20-45(75)63-23-9-11-39(54(88)89)65-46(76)18-16-41(56(92)93)68-58(96)69-42(57(94)95)17-21-48(78)79;/h12-15,39-43H,7-11,16-36H2,1-6H3,(H,62,74)(H,63,75)(H,64,86)(H,65,76)(H,66,77)(H,67,87)(H,78,79)(H,80,81)(H,82,83)(H,84,85)(H,88,89)(H,90,91)(H,92,93)(H,94,95)(H2,68,69,96);/q;+3/p-3/t39-,40-,41+,42+,43-;/m1./s1. The number of amides is 8. The van der Waals surface area contributed by atoms with Crippen LogP contribution in [0.4, 0.5) is 8.90 Å². The predicted octanol–water partition coefficient (Wildman–Crippen LogP) is -5.95. The molecule has 0 aliphatic carbocycles. The molecule has 98 heavy (non-hydrogen) atoms. The predicted molar refractivity (Wildman–Crippen MR) is 336 cm³/mol. The first-order chi connectivity index (χ1) is 45.2. The van der Waals surface area contributed by atoms with E-state index in [1.165, 1.54) is 43.9 Å². The minimum Gasteiger partial charge on any atom is -0.549 e. The van der Waals surface area contributed by atoms with Crippen molar-refractivity contribution in [3.05, 3.63) is 29.8 Å². The largest absolute Gasteiger partial charge is 3.00 e. The van der Waals surface area contributed by atoms with E-state index in [1.54, 1.807) is 0 Å². The molecule has 0 spiro atoms. The van der Waals surface area contributed by atoms with Crippen LogP contribution < -0.4 is 63.0 Å². The van der Waals surface area contributed by atoms with Gasteiger partial charge in [-0.05, 0) is 72.3 Å². The second-order valence-electron chi connectivity index (χ2n) is 25.4. The van der Waals surface area contributed by atoms with Crippen LogP contribution in [0.2, 0.25) is 10.1 Å². The van der Waals surface area contributed by atoms with Crippen LogP contribution >= 0.6 is 0 Å². The van der Waals surface area contributed by atoms with Crippen molar-refractivity contribution in [1.29, 1.82) is 0 Å². The van der Waals surface area contributed by atoms with Crippen molar-refractivity contribution in [2.45, 2.75) is 152 Å². The SMILES string of the molecule is CC(C)(C)[Si](F)(c1ccc(C(=O)NC[C@@H](NC(=O)CN2CCN(CC(=O)[O-])CCN(CC(=O)[O-])CCN(CC(=O)[O-])CC2)C(=O)N[C@H](CCCCNC(=O)CCC(=O)NCCC[C@@H](NC(=O)CC[C@H](NC(=O)N[C@@H](CCC(=O)O)C(=O)O)C(=O)O)C(=O)O)C(=O)O)cc1)C(C)(C)C.[Lu+3]. The van der Waals surface area contributed by atoms with Crippen molar-refractivity contribution in [3.8, 4) is 0 Å². The molecule has 38 heteroatoms. The van der Waals surface area contributed by atoms with Gasteiger partial charge in [0, 0.05) is 123 Å². The number of carbonyl (C=O) groups is 15. The Balaban J connectivity index is 0.0000480. The number of hydrogen-bond donors (Lipinski definition) is 13. The first kappa shape index (κ1) is 88.3. The average molecular weight is 1570 g/mol. The third-order valence-corrected chi connectivity index (χ3v) is 20.9. The van der Waals surface area contributed by atoms with Crippen LogP contribution in [0.15, 0.2) is 24.3 Å². The molecule has 1 aromatic carbocycles. The maximum atomic E-state index is 17.1. The van der Waals surface area contributed by atoms with Gasteiger partial charge in [0.05, 0.1) is 24.5 Å². The van der Waals surface area contributed by atoms with Gasteiger partial charge in [-0.2, -0.15) is 0 Å². The number of nitrogens with one attached hydrogen (secondary N) is 8. The van der Waals surface area contributed by atoms with E-state index in [4.69, 9.17) is 5.11 Å². The normalized spacial score (nSPS) is 15.4. The van der Waals surface area contributed by atoms with Crippen LogP contribution in [0.25, 0.3) is 0 Å². The minimum atomic E-state index is -3.75. The third kappa shape index (κ3) is 33.7. The molecule has 1 aromatic rings. The molecular weight excluding hydrogens is 1480 g/mol. The van der Waals surface area contributed by atoms with Gasteiger partial charge in [0.1, 0.15) is 30.2 Å². The summed E-state index contributed by atoms with van der Waals surface area (Å²) in [6, 6.07) is -3.53. The number of carboxylic acids is 8. The number of hydrogen-bond acceptors (Lipinski definition) is 22. The summed E-state index contributed by atoms with van der Waals surface area (Å²) in [6.45, 7) is 7.97. The van der Waals surface area contributed by atoms with Gasteiger partial charge in [-0.1, -0.05) is 53.7 Å². The van der Waals surface area contributed by atoms with Crippen molar-refractivity contribution in [2.75, 3.05) is 98.2 Å². The first-order valence-corrected chi connectivity index (χ1v) is 33.3. The zero-order valence-corrected chi connectivity index (χ0v) is 58.2. The maximum Gasteiger partial charge on any atom is 3.00 e. The van der Waals surface area contributed by atoms with E-state index in [9.17, 15) is 108 Å². The molecule has 0 saturated carbocycles. The van der Waals surface area contributed by atoms with E-state index < -0.39 is 196 Å². The van der Waals surface area contributed by atoms with Gasteiger partial charge in [-0.3, -0.25) is 53.2 Å². The molecule has 2 rings (SSSR count). The summed E-state index contributed by atoms with van der Waals surface area (Å²) in [4.78, 5) is 191. The molecule has 13 N–H and O–H groups in total. The number of carboxylic acid groups (broad SMARTS) is 8. The Kier molecular flexibility index (Phi) is 39.3. The Morgan fingerprint density at radius 3 is 1.21 bits per heavy atom. The molecule has 0 aromatic heterocycles. The van der Waals surface area contributed by atoms with Crippen LogP contribution in [0, 0.1) is 36.9 Å². The van der Waals surface area contributed by atoms with Gasteiger partial charge in [-0.15, -0.1) is 0 Å². The zero-order chi connectivity index (χ0) is 73.4. The number of benzene rings is 1. The Bertz CT molecular complexity index is 2880. The van der Waals surface area contributed by atoms with E-state index in [2.05, 4.69) is 31.9 Å². The Labute approximate surface area is 595 Å². The molecular formula is C60H92FLuN12O23Si. The topological polar surface area (TPSA) is 536 Å². The molecule has 1 heterocycles. The molecule has 5 atom stereocenters. The number of aliphatic carboxylic acids is 8. The number of rotatable bonds is 40. The van der Waals surface area contributed by atoms with Gasteiger partial charge in [0.25, 0.3) is 14.3 Å². The molecule has 1 aliphatic heterocycles.